The van der Waals surface area contributed by atoms with Crippen molar-refractivity contribution >= 4 is 10.9 Å². The van der Waals surface area contributed by atoms with Gasteiger partial charge in [0.25, 0.3) is 0 Å². The minimum absolute atomic E-state index is 0.163. The average molecular weight is 255 g/mol. The Balaban J connectivity index is 3.06. The molecule has 0 fully saturated rings. The minimum atomic E-state index is -1.56. The Morgan fingerprint density at radius 2 is 1.72 bits per heavy atom. The standard InChI is InChI=1S/C13H12F3NO/c1-13(2,3)17-5-4-9(18)7-6-8(14)10(15)11(16)12(7)17/h4-6H,1-3H3. The lowest BCUT2D eigenvalue weighted by molar-refractivity contribution is 0.395. The second-order valence-electron chi connectivity index (χ2n) is 5.10. The molecule has 0 amide bonds. The van der Waals surface area contributed by atoms with Gasteiger partial charge in [0, 0.05) is 17.8 Å². The lowest BCUT2D eigenvalue weighted by atomic mass is 10.1. The quantitative estimate of drug-likeness (QED) is 0.663. The van der Waals surface area contributed by atoms with E-state index in [9.17, 15) is 18.0 Å². The lowest BCUT2D eigenvalue weighted by Crippen LogP contribution is -2.25. The van der Waals surface area contributed by atoms with Gasteiger partial charge in [0.1, 0.15) is 0 Å². The van der Waals surface area contributed by atoms with Gasteiger partial charge in [0.2, 0.25) is 0 Å². The summed E-state index contributed by atoms with van der Waals surface area (Å²) in [6, 6.07) is 1.95. The van der Waals surface area contributed by atoms with Crippen molar-refractivity contribution in [3.63, 3.8) is 0 Å². The first-order valence-corrected chi connectivity index (χ1v) is 5.43. The van der Waals surface area contributed by atoms with E-state index >= 15 is 0 Å². The van der Waals surface area contributed by atoms with E-state index in [1.165, 1.54) is 16.8 Å². The van der Waals surface area contributed by atoms with Crippen LogP contribution in [0.4, 0.5) is 13.2 Å². The second-order valence-corrected chi connectivity index (χ2v) is 5.10. The van der Waals surface area contributed by atoms with Crippen LogP contribution in [0, 0.1) is 17.5 Å². The van der Waals surface area contributed by atoms with Crippen molar-refractivity contribution in [1.29, 1.82) is 0 Å². The summed E-state index contributed by atoms with van der Waals surface area (Å²) in [5.41, 5.74) is -1.31. The van der Waals surface area contributed by atoms with E-state index in [-0.39, 0.29) is 10.9 Å². The number of halogens is 3. The molecule has 5 heteroatoms. The zero-order valence-electron chi connectivity index (χ0n) is 10.2. The van der Waals surface area contributed by atoms with Gasteiger partial charge in [-0.05, 0) is 26.8 Å². The predicted molar refractivity (Wildman–Crippen MR) is 63.1 cm³/mol. The number of hydrogen-bond donors (Lipinski definition) is 0. The van der Waals surface area contributed by atoms with E-state index in [2.05, 4.69) is 0 Å². The zero-order valence-corrected chi connectivity index (χ0v) is 10.2. The molecule has 1 aromatic heterocycles. The molecule has 96 valence electrons. The van der Waals surface area contributed by atoms with Gasteiger partial charge in [-0.1, -0.05) is 0 Å². The number of nitrogens with zero attached hydrogens (tertiary/aromatic N) is 1. The predicted octanol–water partition coefficient (Wildman–Crippen LogP) is 3.17. The molecular weight excluding hydrogens is 243 g/mol. The van der Waals surface area contributed by atoms with E-state index in [4.69, 9.17) is 0 Å². The monoisotopic (exact) mass is 255 g/mol. The van der Waals surface area contributed by atoms with E-state index < -0.39 is 28.4 Å². The van der Waals surface area contributed by atoms with Crippen LogP contribution < -0.4 is 5.43 Å². The Labute approximate surface area is 102 Å². The number of benzene rings is 1. The molecule has 0 N–H and O–H groups in total. The van der Waals surface area contributed by atoms with Crippen molar-refractivity contribution in [1.82, 2.24) is 4.57 Å². The fourth-order valence-electron chi connectivity index (χ4n) is 1.87. The Kier molecular flexibility index (Phi) is 2.72. The molecule has 0 saturated carbocycles. The number of aromatic nitrogens is 1. The third kappa shape index (κ3) is 1.79. The van der Waals surface area contributed by atoms with Crippen LogP contribution in [-0.4, -0.2) is 4.57 Å². The normalized spacial score (nSPS) is 12.1. The highest BCUT2D eigenvalue weighted by Gasteiger charge is 2.22. The van der Waals surface area contributed by atoms with Gasteiger partial charge in [-0.2, -0.15) is 0 Å². The Hall–Kier alpha value is -1.78. The Morgan fingerprint density at radius 1 is 1.11 bits per heavy atom. The molecule has 18 heavy (non-hydrogen) atoms. The summed E-state index contributed by atoms with van der Waals surface area (Å²) >= 11 is 0. The van der Waals surface area contributed by atoms with Crippen LogP contribution in [0.2, 0.25) is 0 Å². The average Bonchev–Trinajstić information content (AvgIpc) is 2.26. The van der Waals surface area contributed by atoms with Crippen molar-refractivity contribution in [2.75, 3.05) is 0 Å². The fourth-order valence-corrected chi connectivity index (χ4v) is 1.87. The molecule has 1 aromatic carbocycles. The highest BCUT2D eigenvalue weighted by Crippen LogP contribution is 2.25. The van der Waals surface area contributed by atoms with Gasteiger partial charge in [0.05, 0.1) is 10.9 Å². The number of fused-ring (bicyclic) bond motifs is 1. The van der Waals surface area contributed by atoms with E-state index in [0.717, 1.165) is 6.07 Å². The van der Waals surface area contributed by atoms with E-state index in [1.54, 1.807) is 20.8 Å². The van der Waals surface area contributed by atoms with Crippen molar-refractivity contribution in [2.45, 2.75) is 26.3 Å². The molecule has 0 spiro atoms. The van der Waals surface area contributed by atoms with Gasteiger partial charge in [-0.15, -0.1) is 0 Å². The van der Waals surface area contributed by atoms with Crippen molar-refractivity contribution in [2.24, 2.45) is 0 Å². The van der Waals surface area contributed by atoms with Crippen molar-refractivity contribution in [3.8, 4) is 0 Å². The summed E-state index contributed by atoms with van der Waals surface area (Å²) in [5.74, 6) is -4.26. The first-order valence-electron chi connectivity index (χ1n) is 5.43. The van der Waals surface area contributed by atoms with Gasteiger partial charge >= 0.3 is 0 Å². The molecule has 1 heterocycles. The van der Waals surface area contributed by atoms with Gasteiger partial charge in [-0.25, -0.2) is 13.2 Å². The largest absolute Gasteiger partial charge is 0.340 e. The fraction of sp³-hybridized carbons (Fsp3) is 0.308. The minimum Gasteiger partial charge on any atom is -0.340 e. The van der Waals surface area contributed by atoms with Crippen molar-refractivity contribution < 1.29 is 13.2 Å². The highest BCUT2D eigenvalue weighted by atomic mass is 19.2. The third-order valence-corrected chi connectivity index (χ3v) is 2.74. The molecule has 0 bridgehead atoms. The van der Waals surface area contributed by atoms with E-state index in [0.29, 0.717) is 0 Å². The summed E-state index contributed by atoms with van der Waals surface area (Å²) in [6.07, 6.45) is 1.38. The van der Waals surface area contributed by atoms with Gasteiger partial charge in [-0.3, -0.25) is 4.79 Å². The third-order valence-electron chi connectivity index (χ3n) is 2.74. The summed E-state index contributed by atoms with van der Waals surface area (Å²) in [4.78, 5) is 11.6. The molecule has 0 aliphatic heterocycles. The van der Waals surface area contributed by atoms with Crippen LogP contribution in [0.25, 0.3) is 10.9 Å². The van der Waals surface area contributed by atoms with Crippen molar-refractivity contribution in [3.05, 3.63) is 46.0 Å². The highest BCUT2D eigenvalue weighted by molar-refractivity contribution is 5.80. The Morgan fingerprint density at radius 3 is 2.28 bits per heavy atom. The lowest BCUT2D eigenvalue weighted by Gasteiger charge is -2.25. The van der Waals surface area contributed by atoms with Gasteiger partial charge in [0.15, 0.2) is 22.9 Å². The molecule has 0 aliphatic rings. The van der Waals surface area contributed by atoms with Crippen LogP contribution in [0.5, 0.6) is 0 Å². The number of rotatable bonds is 0. The molecule has 2 aromatic rings. The van der Waals surface area contributed by atoms with Crippen LogP contribution >= 0.6 is 0 Å². The Bertz CT molecular complexity index is 683. The number of pyridine rings is 1. The molecule has 0 unspecified atom stereocenters. The van der Waals surface area contributed by atoms with Crippen LogP contribution in [0.3, 0.4) is 0 Å². The smallest absolute Gasteiger partial charge is 0.196 e. The van der Waals surface area contributed by atoms with E-state index in [1.807, 2.05) is 0 Å². The number of hydrogen-bond acceptors (Lipinski definition) is 1. The molecular formula is C13H12F3NO. The summed E-state index contributed by atoms with van der Waals surface area (Å²) in [6.45, 7) is 5.33. The molecule has 0 saturated heterocycles. The first-order chi connectivity index (χ1) is 8.23. The molecule has 2 rings (SSSR count). The van der Waals surface area contributed by atoms with Gasteiger partial charge < -0.3 is 4.57 Å². The first kappa shape index (κ1) is 12.7. The molecule has 0 radical (unpaired) electrons. The second kappa shape index (κ2) is 3.86. The molecule has 2 nitrogen and oxygen atoms in total. The van der Waals surface area contributed by atoms with Crippen LogP contribution in [-0.2, 0) is 5.54 Å². The zero-order chi connectivity index (χ0) is 13.7. The molecule has 0 aliphatic carbocycles. The molecule has 0 atom stereocenters. The SMILES string of the molecule is CC(C)(C)n1ccc(=O)c2cc(F)c(F)c(F)c21. The van der Waals surface area contributed by atoms with Crippen LogP contribution in [0.1, 0.15) is 20.8 Å². The summed E-state index contributed by atoms with van der Waals surface area (Å²) < 4.78 is 41.7. The summed E-state index contributed by atoms with van der Waals surface area (Å²) in [7, 11) is 0. The maximum atomic E-state index is 13.9. The summed E-state index contributed by atoms with van der Waals surface area (Å²) in [5, 5.41) is -0.163. The maximum absolute atomic E-state index is 13.9. The topological polar surface area (TPSA) is 22.0 Å². The maximum Gasteiger partial charge on any atom is 0.196 e. The van der Waals surface area contributed by atoms with Crippen LogP contribution in [0.15, 0.2) is 23.1 Å².